The smallest absolute Gasteiger partial charge is 0.343 e. The molecule has 0 radical (unpaired) electrons. The predicted octanol–water partition coefficient (Wildman–Crippen LogP) is 5.26. The summed E-state index contributed by atoms with van der Waals surface area (Å²) in [5.74, 6) is 0.0585. The number of halogens is 1. The molecule has 0 aromatic heterocycles. The number of ether oxygens (including phenoxy) is 2. The van der Waals surface area contributed by atoms with Gasteiger partial charge in [0.1, 0.15) is 5.75 Å². The Labute approximate surface area is 184 Å². The lowest BCUT2D eigenvalue weighted by Crippen LogP contribution is -2.36. The van der Waals surface area contributed by atoms with Crippen molar-refractivity contribution in [3.05, 3.63) is 88.4 Å². The minimum Gasteiger partial charge on any atom is -0.422 e. The summed E-state index contributed by atoms with van der Waals surface area (Å²) >= 11 is 3.47. The van der Waals surface area contributed by atoms with Gasteiger partial charge in [-0.05, 0) is 54.6 Å². The van der Waals surface area contributed by atoms with Gasteiger partial charge in [-0.25, -0.2) is 4.79 Å². The summed E-state index contributed by atoms with van der Waals surface area (Å²) in [6.07, 6.45) is 1.71. The molecule has 0 aliphatic carbocycles. The summed E-state index contributed by atoms with van der Waals surface area (Å²) in [5.41, 5.74) is 3.21. The van der Waals surface area contributed by atoms with Crippen molar-refractivity contribution < 1.29 is 14.3 Å². The van der Waals surface area contributed by atoms with Gasteiger partial charge in [-0.2, -0.15) is 0 Å². The number of morpholine rings is 1. The van der Waals surface area contributed by atoms with E-state index < -0.39 is 5.97 Å². The highest BCUT2D eigenvalue weighted by atomic mass is 79.9. The summed E-state index contributed by atoms with van der Waals surface area (Å²) in [4.78, 5) is 19.3. The van der Waals surface area contributed by atoms with Crippen LogP contribution in [0.1, 0.15) is 15.9 Å². The van der Waals surface area contributed by atoms with Crippen LogP contribution in [0.25, 0.3) is 0 Å². The van der Waals surface area contributed by atoms with Gasteiger partial charge in [-0.15, -0.1) is 0 Å². The molecule has 152 valence electrons. The Morgan fingerprint density at radius 2 is 1.73 bits per heavy atom. The lowest BCUT2D eigenvalue weighted by atomic mass is 10.2. The number of nitrogens with zero attached hydrogens (tertiary/aromatic N) is 2. The van der Waals surface area contributed by atoms with Crippen LogP contribution < -0.4 is 9.64 Å². The fourth-order valence-corrected chi connectivity index (χ4v) is 3.54. The molecule has 0 unspecified atom stereocenters. The highest BCUT2D eigenvalue weighted by molar-refractivity contribution is 9.10. The number of hydrogen-bond donors (Lipinski definition) is 0. The first-order valence-corrected chi connectivity index (χ1v) is 10.5. The lowest BCUT2D eigenvalue weighted by Gasteiger charge is -2.28. The molecule has 0 spiro atoms. The molecule has 1 fully saturated rings. The van der Waals surface area contributed by atoms with E-state index in [-0.39, 0.29) is 0 Å². The van der Waals surface area contributed by atoms with Gasteiger partial charge in [0.2, 0.25) is 0 Å². The maximum atomic E-state index is 12.4. The Morgan fingerprint density at radius 3 is 2.47 bits per heavy atom. The highest BCUT2D eigenvalue weighted by Gasteiger charge is 2.12. The van der Waals surface area contributed by atoms with Crippen molar-refractivity contribution in [1.29, 1.82) is 0 Å². The molecule has 5 nitrogen and oxygen atoms in total. The number of carbonyl (C=O) groups is 1. The van der Waals surface area contributed by atoms with E-state index in [1.54, 1.807) is 36.5 Å². The number of benzene rings is 3. The van der Waals surface area contributed by atoms with Crippen LogP contribution in [0.2, 0.25) is 0 Å². The van der Waals surface area contributed by atoms with Crippen LogP contribution in [0.3, 0.4) is 0 Å². The van der Waals surface area contributed by atoms with Crippen LogP contribution >= 0.6 is 15.9 Å². The largest absolute Gasteiger partial charge is 0.422 e. The Hall–Kier alpha value is -2.96. The average molecular weight is 465 g/mol. The molecule has 0 N–H and O–H groups in total. The first-order valence-electron chi connectivity index (χ1n) is 9.73. The van der Waals surface area contributed by atoms with E-state index in [0.29, 0.717) is 16.9 Å². The second kappa shape index (κ2) is 9.69. The van der Waals surface area contributed by atoms with Gasteiger partial charge < -0.3 is 14.4 Å². The van der Waals surface area contributed by atoms with Gasteiger partial charge in [0.25, 0.3) is 0 Å². The number of rotatable bonds is 5. The molecule has 1 saturated heterocycles. The Balaban J connectivity index is 1.50. The third-order valence-electron chi connectivity index (χ3n) is 4.76. The van der Waals surface area contributed by atoms with Crippen molar-refractivity contribution in [2.24, 2.45) is 4.99 Å². The summed E-state index contributed by atoms with van der Waals surface area (Å²) in [6, 6.07) is 22.5. The molecular formula is C24H21BrN2O3. The van der Waals surface area contributed by atoms with E-state index in [0.717, 1.165) is 42.2 Å². The zero-order chi connectivity index (χ0) is 20.8. The molecule has 0 saturated carbocycles. The monoisotopic (exact) mass is 464 g/mol. The third kappa shape index (κ3) is 5.14. The zero-order valence-corrected chi connectivity index (χ0v) is 17.9. The fraction of sp³-hybridized carbons (Fsp3) is 0.167. The third-order valence-corrected chi connectivity index (χ3v) is 5.26. The van der Waals surface area contributed by atoms with Gasteiger partial charge in [0, 0.05) is 35.0 Å². The first kappa shape index (κ1) is 20.3. The summed E-state index contributed by atoms with van der Waals surface area (Å²) in [7, 11) is 0. The summed E-state index contributed by atoms with van der Waals surface area (Å²) in [6.45, 7) is 3.31. The maximum Gasteiger partial charge on any atom is 0.343 e. The molecule has 0 amide bonds. The molecule has 1 aliphatic heterocycles. The molecule has 1 heterocycles. The zero-order valence-electron chi connectivity index (χ0n) is 16.3. The Kier molecular flexibility index (Phi) is 6.57. The Bertz CT molecular complexity index is 1030. The van der Waals surface area contributed by atoms with Crippen LogP contribution in [-0.4, -0.2) is 38.5 Å². The second-order valence-corrected chi connectivity index (χ2v) is 7.73. The maximum absolute atomic E-state index is 12.4. The Morgan fingerprint density at radius 1 is 1.00 bits per heavy atom. The molecular weight excluding hydrogens is 444 g/mol. The van der Waals surface area contributed by atoms with E-state index >= 15 is 0 Å². The quantitative estimate of drug-likeness (QED) is 0.293. The molecule has 3 aromatic rings. The first-order chi connectivity index (χ1) is 14.7. The summed E-state index contributed by atoms with van der Waals surface area (Å²) < 4.78 is 11.9. The van der Waals surface area contributed by atoms with Gasteiger partial charge in [-0.1, -0.05) is 34.1 Å². The van der Waals surface area contributed by atoms with Crippen molar-refractivity contribution in [3.8, 4) is 5.75 Å². The minimum atomic E-state index is -0.401. The molecule has 0 atom stereocenters. The van der Waals surface area contributed by atoms with Crippen LogP contribution in [0.15, 0.2) is 82.3 Å². The normalized spacial score (nSPS) is 14.1. The van der Waals surface area contributed by atoms with Crippen molar-refractivity contribution >= 4 is 39.5 Å². The summed E-state index contributed by atoms with van der Waals surface area (Å²) in [5, 5.41) is 0. The highest BCUT2D eigenvalue weighted by Crippen LogP contribution is 2.25. The van der Waals surface area contributed by atoms with Gasteiger partial charge >= 0.3 is 5.97 Å². The van der Waals surface area contributed by atoms with Crippen molar-refractivity contribution in [2.75, 3.05) is 31.2 Å². The van der Waals surface area contributed by atoms with E-state index in [2.05, 4.69) is 38.0 Å². The van der Waals surface area contributed by atoms with Crippen LogP contribution in [0, 0.1) is 0 Å². The molecule has 0 bridgehead atoms. The fourth-order valence-electron chi connectivity index (χ4n) is 3.16. The SMILES string of the molecule is O=C(Oc1ccc(Br)cc1C=Nc1ccc(N2CCOCC2)cc1)c1ccccc1. The molecule has 3 aromatic carbocycles. The van der Waals surface area contributed by atoms with Crippen molar-refractivity contribution in [3.63, 3.8) is 0 Å². The standard InChI is InChI=1S/C24H21BrN2O3/c25-20-6-11-23(30-24(28)18-4-2-1-3-5-18)19(16-20)17-26-21-7-9-22(10-8-21)27-12-14-29-15-13-27/h1-11,16-17H,12-15H2. The molecule has 6 heteroatoms. The minimum absolute atomic E-state index is 0.401. The van der Waals surface area contributed by atoms with Gasteiger partial charge in [0.15, 0.2) is 0 Å². The number of aliphatic imine (C=N–C) groups is 1. The topological polar surface area (TPSA) is 51.1 Å². The number of carbonyl (C=O) groups excluding carboxylic acids is 1. The molecule has 30 heavy (non-hydrogen) atoms. The van der Waals surface area contributed by atoms with Crippen LogP contribution in [-0.2, 0) is 4.74 Å². The number of esters is 1. The van der Waals surface area contributed by atoms with Crippen LogP contribution in [0.5, 0.6) is 5.75 Å². The van der Waals surface area contributed by atoms with E-state index in [9.17, 15) is 4.79 Å². The average Bonchev–Trinajstić information content (AvgIpc) is 2.80. The number of anilines is 1. The van der Waals surface area contributed by atoms with Gasteiger partial charge in [-0.3, -0.25) is 4.99 Å². The second-order valence-electron chi connectivity index (χ2n) is 6.81. The molecule has 1 aliphatic rings. The van der Waals surface area contributed by atoms with E-state index in [4.69, 9.17) is 9.47 Å². The van der Waals surface area contributed by atoms with E-state index in [1.807, 2.05) is 30.3 Å². The lowest BCUT2D eigenvalue weighted by molar-refractivity contribution is 0.0734. The van der Waals surface area contributed by atoms with Gasteiger partial charge in [0.05, 0.1) is 24.5 Å². The molecule has 4 rings (SSSR count). The van der Waals surface area contributed by atoms with E-state index in [1.165, 1.54) is 0 Å². The number of hydrogen-bond acceptors (Lipinski definition) is 5. The van der Waals surface area contributed by atoms with Crippen molar-refractivity contribution in [1.82, 2.24) is 0 Å². The predicted molar refractivity (Wildman–Crippen MR) is 122 cm³/mol. The van der Waals surface area contributed by atoms with Crippen LogP contribution in [0.4, 0.5) is 11.4 Å². The van der Waals surface area contributed by atoms with Crippen molar-refractivity contribution in [2.45, 2.75) is 0 Å².